The summed E-state index contributed by atoms with van der Waals surface area (Å²) in [4.78, 5) is 74.9. The van der Waals surface area contributed by atoms with E-state index in [1.807, 2.05) is 0 Å². The van der Waals surface area contributed by atoms with Crippen LogP contribution >= 0.6 is 0 Å². The number of rotatable bonds is 12. The molecule has 4 aromatic heterocycles. The molecule has 4 amide bonds. The van der Waals surface area contributed by atoms with Crippen LogP contribution in [0.5, 0.6) is 0 Å². The number of hydrogen-bond donors (Lipinski definition) is 3. The van der Waals surface area contributed by atoms with Crippen molar-refractivity contribution < 1.29 is 50.4 Å². The number of imide groups is 1. The van der Waals surface area contributed by atoms with Crippen LogP contribution in [-0.2, 0) is 19.1 Å². The Bertz CT molecular complexity index is 2920. The van der Waals surface area contributed by atoms with Gasteiger partial charge < -0.3 is 35.0 Å². The lowest BCUT2D eigenvalue weighted by Gasteiger charge is -2.50. The van der Waals surface area contributed by atoms with Gasteiger partial charge >= 0.3 is 12.3 Å². The number of piperazine rings is 1. The lowest BCUT2D eigenvalue weighted by atomic mass is 9.78. The fourth-order valence-corrected chi connectivity index (χ4v) is 10.8. The molecule has 1 saturated carbocycles. The number of ether oxygens (including phenoxy) is 1. The van der Waals surface area contributed by atoms with E-state index in [2.05, 4.69) is 59.6 Å². The summed E-state index contributed by atoms with van der Waals surface area (Å²) in [6.45, 7) is 8.61. The maximum atomic E-state index is 15.4. The van der Waals surface area contributed by atoms with Crippen LogP contribution in [0, 0.1) is 17.6 Å². The van der Waals surface area contributed by atoms with E-state index in [1.54, 1.807) is 27.1 Å². The minimum Gasteiger partial charge on any atom is -0.439 e. The number of aromatic nitrogens is 7. The molecule has 1 aliphatic carbocycles. The van der Waals surface area contributed by atoms with Gasteiger partial charge in [-0.15, -0.1) is 0 Å². The Morgan fingerprint density at radius 2 is 1.53 bits per heavy atom. The van der Waals surface area contributed by atoms with E-state index >= 15 is 8.78 Å². The minimum atomic E-state index is -4.63. The number of hydrogen-bond acceptors (Lipinski definition) is 16. The molecular formula is C49H57F5N14O6. The van der Waals surface area contributed by atoms with Crippen molar-refractivity contribution in [2.75, 3.05) is 74.9 Å². The molecule has 8 heterocycles. The van der Waals surface area contributed by atoms with Gasteiger partial charge in [0.05, 0.1) is 10.9 Å². The zero-order valence-corrected chi connectivity index (χ0v) is 41.1. The van der Waals surface area contributed by atoms with E-state index < -0.39 is 41.9 Å². The van der Waals surface area contributed by atoms with E-state index in [0.717, 1.165) is 49.2 Å². The van der Waals surface area contributed by atoms with Crippen LogP contribution in [-0.4, -0.2) is 150 Å². The highest BCUT2D eigenvalue weighted by molar-refractivity contribution is 6.02. The summed E-state index contributed by atoms with van der Waals surface area (Å²) in [6, 6.07) is -0.445. The number of anilines is 3. The van der Waals surface area contributed by atoms with Gasteiger partial charge in [-0.2, -0.15) is 18.3 Å². The van der Waals surface area contributed by atoms with Crippen molar-refractivity contribution in [3.8, 4) is 22.8 Å². The molecule has 4 N–H and O–H groups in total. The monoisotopic (exact) mass is 1030 g/mol. The molecule has 0 bridgehead atoms. The molecule has 1 aromatic carbocycles. The molecule has 0 spiro atoms. The Hall–Kier alpha value is -7.05. The fourth-order valence-electron chi connectivity index (χ4n) is 10.8. The molecule has 2 atom stereocenters. The second-order valence-electron chi connectivity index (χ2n) is 20.4. The molecule has 394 valence electrons. The van der Waals surface area contributed by atoms with Gasteiger partial charge in [0.15, 0.2) is 35.5 Å². The summed E-state index contributed by atoms with van der Waals surface area (Å²) in [7, 11) is 0. The van der Waals surface area contributed by atoms with E-state index in [-0.39, 0.29) is 100.0 Å². The summed E-state index contributed by atoms with van der Waals surface area (Å²) >= 11 is 0. The van der Waals surface area contributed by atoms with Crippen molar-refractivity contribution in [2.24, 2.45) is 5.92 Å². The smallest absolute Gasteiger partial charge is 0.410 e. The quantitative estimate of drug-likeness (QED) is 0.0936. The largest absolute Gasteiger partial charge is 0.439 e. The van der Waals surface area contributed by atoms with Crippen molar-refractivity contribution in [1.82, 2.24) is 54.9 Å². The minimum absolute atomic E-state index is 0.00977. The third kappa shape index (κ3) is 10.0. The third-order valence-electron chi connectivity index (χ3n) is 15.5. The Morgan fingerprint density at radius 3 is 2.16 bits per heavy atom. The normalized spacial score (nSPS) is 20.3. The lowest BCUT2D eigenvalue weighted by molar-refractivity contribution is -0.164. The summed E-state index contributed by atoms with van der Waals surface area (Å²) in [5, 5.41) is 13.8. The number of benzene rings is 1. The highest BCUT2D eigenvalue weighted by Crippen LogP contribution is 2.48. The van der Waals surface area contributed by atoms with Crippen molar-refractivity contribution in [2.45, 2.75) is 108 Å². The maximum absolute atomic E-state index is 15.4. The lowest BCUT2D eigenvalue weighted by Crippen LogP contribution is -2.59. The highest BCUT2D eigenvalue weighted by atomic mass is 19.4. The van der Waals surface area contributed by atoms with Crippen molar-refractivity contribution >= 4 is 52.0 Å². The first-order valence-electron chi connectivity index (χ1n) is 25.0. The van der Waals surface area contributed by atoms with Crippen molar-refractivity contribution in [3.05, 3.63) is 53.8 Å². The highest BCUT2D eigenvalue weighted by Gasteiger charge is 2.43. The van der Waals surface area contributed by atoms with Crippen molar-refractivity contribution in [3.63, 3.8) is 0 Å². The topological polar surface area (TPSA) is 236 Å². The molecule has 2 unspecified atom stereocenters. The first-order chi connectivity index (χ1) is 35.3. The Kier molecular flexibility index (Phi) is 13.6. The number of piperidine rings is 3. The zero-order valence-electron chi connectivity index (χ0n) is 41.1. The van der Waals surface area contributed by atoms with Crippen LogP contribution in [0.3, 0.4) is 0 Å². The number of nitrogens with one attached hydrogen (secondary N) is 2. The number of nitrogen functional groups attached to an aromatic ring is 1. The first kappa shape index (κ1) is 50.5. The van der Waals surface area contributed by atoms with Crippen molar-refractivity contribution in [1.29, 1.82) is 0 Å². The number of carbonyl (C=O) groups is 4. The summed E-state index contributed by atoms with van der Waals surface area (Å²) in [5.41, 5.74) is 7.22. The van der Waals surface area contributed by atoms with Gasteiger partial charge in [-0.05, 0) is 95.2 Å². The van der Waals surface area contributed by atoms with E-state index in [1.165, 1.54) is 12.1 Å². The van der Waals surface area contributed by atoms with Gasteiger partial charge in [0, 0.05) is 88.3 Å². The summed E-state index contributed by atoms with van der Waals surface area (Å²) < 4.78 is 84.7. The number of fused-ring (bicyclic) bond motifs is 1. The van der Waals surface area contributed by atoms with Crippen LogP contribution in [0.25, 0.3) is 33.8 Å². The molecule has 5 aromatic rings. The van der Waals surface area contributed by atoms with Gasteiger partial charge in [0.25, 0.3) is 5.91 Å². The van der Waals surface area contributed by atoms with Gasteiger partial charge in [0.1, 0.15) is 41.3 Å². The molecule has 4 saturated heterocycles. The molecule has 5 fully saturated rings. The Balaban J connectivity index is 0.688. The number of nitrogens with zero attached hydrogens (tertiary/aromatic N) is 11. The van der Waals surface area contributed by atoms with E-state index in [9.17, 15) is 32.3 Å². The zero-order chi connectivity index (χ0) is 52.2. The number of carbonyl (C=O) groups excluding carboxylic acids is 4. The second kappa shape index (κ2) is 20.0. The number of alkyl halides is 3. The number of halogens is 5. The van der Waals surface area contributed by atoms with Crippen LogP contribution in [0.15, 0.2) is 35.4 Å². The average Bonchev–Trinajstić information content (AvgIpc) is 4.02. The molecule has 20 nitrogen and oxygen atoms in total. The molecule has 74 heavy (non-hydrogen) atoms. The molecular weight excluding hydrogens is 976 g/mol. The third-order valence-corrected chi connectivity index (χ3v) is 15.5. The van der Waals surface area contributed by atoms with Crippen LogP contribution in [0.2, 0.25) is 0 Å². The number of likely N-dealkylation sites (tertiary alicyclic amines) is 2. The predicted octanol–water partition coefficient (Wildman–Crippen LogP) is 6.17. The second-order valence-corrected chi connectivity index (χ2v) is 20.4. The van der Waals surface area contributed by atoms with Gasteiger partial charge in [-0.3, -0.25) is 24.6 Å². The van der Waals surface area contributed by atoms with Gasteiger partial charge in [0.2, 0.25) is 11.8 Å². The van der Waals surface area contributed by atoms with Crippen LogP contribution in [0.4, 0.5) is 43.9 Å². The van der Waals surface area contributed by atoms with Crippen LogP contribution in [0.1, 0.15) is 101 Å². The molecule has 4 aliphatic heterocycles. The fraction of sp³-hybridized carbons (Fsp3) is 0.551. The Morgan fingerprint density at radius 1 is 0.865 bits per heavy atom. The van der Waals surface area contributed by atoms with E-state index in [4.69, 9.17) is 15.0 Å². The summed E-state index contributed by atoms with van der Waals surface area (Å²) in [6.07, 6.45) is 3.91. The molecule has 0 radical (unpaired) electrons. The standard InChI is InChI=1S/C49H57F5N14O6/c1-26(49(52,53)54)68-45-38(43(55)58-25-59-45)39(62-68)40-37(42(74-63-40)28-4-5-28)44-56-22-29(23-57-44)27-8-12-66(13-9-27)47(72)73-24-36(70)64-14-10-30(11-15-64)48(2,3)67-18-16-65(17-19-67)41-32(50)20-31(21-33(41)51)60-34-6-7-35(69)61-46(34)71/h20-23,25-28,30,34,60H,4-19,24H2,1-3H3,(H2,55,58,59)(H,61,69,71). The SMILES string of the molecule is CC(n1nc(-c2noc(C3CC3)c2-c2ncc(C3CCN(C(=O)OCC(=O)N4CCC(C(C)(C)N5CCN(c6c(F)cc(NC7CCC(=O)NC7=O)cc6F)CC5)CC4)CC3)cn2)c2c(N)ncnc21)C(F)(F)F. The Labute approximate surface area is 421 Å². The first-order valence-corrected chi connectivity index (χ1v) is 25.0. The van der Waals surface area contributed by atoms with E-state index in [0.29, 0.717) is 76.5 Å². The van der Waals surface area contributed by atoms with Crippen LogP contribution < -0.4 is 21.3 Å². The maximum Gasteiger partial charge on any atom is 0.410 e. The molecule has 25 heteroatoms. The van der Waals surface area contributed by atoms with Gasteiger partial charge in [-0.1, -0.05) is 5.16 Å². The van der Waals surface area contributed by atoms with Gasteiger partial charge in [-0.25, -0.2) is 38.2 Å². The number of amides is 4. The predicted molar refractivity (Wildman–Crippen MR) is 257 cm³/mol. The molecule has 10 rings (SSSR count). The summed E-state index contributed by atoms with van der Waals surface area (Å²) in [5.74, 6) is -1.70. The molecule has 5 aliphatic rings. The number of nitrogens with two attached hydrogens (primary N) is 1. The average molecular weight is 1030 g/mol.